The molecule has 6 heavy (non-hydrogen) atoms. The van der Waals surface area contributed by atoms with Gasteiger partial charge in [-0.15, -0.1) is 0 Å². The summed E-state index contributed by atoms with van der Waals surface area (Å²) in [5.74, 6) is 0. The zero-order valence-electron chi connectivity index (χ0n) is 2.51. The molecule has 34 valence electrons. The maximum atomic E-state index is 8.74. The molecule has 2 radical (unpaired) electrons. The average Bonchev–Trinajstić information content (AvgIpc) is 0.811. The summed E-state index contributed by atoms with van der Waals surface area (Å²) in [5.41, 5.74) is 0. The first kappa shape index (κ1) is 15.7. The normalized spacial score (nSPS) is 4.00. The molecule has 0 aromatic heterocycles. The second-order valence-electron chi connectivity index (χ2n) is 0.283. The van der Waals surface area contributed by atoms with Gasteiger partial charge in [-0.1, -0.05) is 0 Å². The van der Waals surface area contributed by atoms with Crippen LogP contribution in [0.5, 0.6) is 0 Å². The van der Waals surface area contributed by atoms with Crippen molar-refractivity contribution in [3.63, 3.8) is 0 Å². The Bertz CT molecular complexity index is 33.8. The van der Waals surface area contributed by atoms with Gasteiger partial charge in [-0.25, -0.2) is 0 Å². The van der Waals surface area contributed by atoms with Crippen molar-refractivity contribution in [3.8, 4) is 0 Å². The topological polar surface area (TPSA) is 57.5 Å². The van der Waals surface area contributed by atoms with Crippen LogP contribution < -0.4 is 0 Å². The summed E-state index contributed by atoms with van der Waals surface area (Å²) in [6.07, 6.45) is 0. The van der Waals surface area contributed by atoms with E-state index in [0.29, 0.717) is 0 Å². The Morgan fingerprint density at radius 3 is 1.33 bits per heavy atom. The van der Waals surface area contributed by atoms with Crippen molar-refractivity contribution in [3.05, 3.63) is 0 Å². The number of rotatable bonds is 0. The molecule has 0 bridgehead atoms. The SMILES string of the molecule is O=[Si](O)O.[CaH2].[PbH2]. The van der Waals surface area contributed by atoms with Crippen LogP contribution in [0.3, 0.4) is 0 Å². The van der Waals surface area contributed by atoms with Crippen LogP contribution in [-0.4, -0.2) is 83.8 Å². The third kappa shape index (κ3) is 41.3. The predicted molar refractivity (Wildman–Crippen MR) is 28.0 cm³/mol. The molecule has 0 aliphatic heterocycles. The van der Waals surface area contributed by atoms with Gasteiger partial charge in [0.05, 0.1) is 0 Å². The van der Waals surface area contributed by atoms with E-state index in [9.17, 15) is 0 Å². The van der Waals surface area contributed by atoms with Crippen LogP contribution in [0.2, 0.25) is 0 Å². The van der Waals surface area contributed by atoms with Crippen molar-refractivity contribution in [2.45, 2.75) is 0 Å². The van der Waals surface area contributed by atoms with E-state index in [1.165, 1.54) is 0 Å². The molecule has 0 saturated heterocycles. The first-order valence-corrected chi connectivity index (χ1v) is 1.95. The van der Waals surface area contributed by atoms with Crippen molar-refractivity contribution < 1.29 is 14.1 Å². The Balaban J connectivity index is -0.0000000450. The summed E-state index contributed by atoms with van der Waals surface area (Å²) < 4.78 is 8.74. The van der Waals surface area contributed by atoms with Crippen LogP contribution in [0, 0.1) is 0 Å². The van der Waals surface area contributed by atoms with E-state index < -0.39 is 9.17 Å². The molecule has 0 rings (SSSR count). The summed E-state index contributed by atoms with van der Waals surface area (Å²) in [4.78, 5) is 14.3. The third-order valence-electron chi connectivity index (χ3n) is 0. The van der Waals surface area contributed by atoms with E-state index in [-0.39, 0.29) is 65.0 Å². The zero-order valence-corrected chi connectivity index (χ0v) is 9.01. The Morgan fingerprint density at radius 2 is 1.33 bits per heavy atom. The van der Waals surface area contributed by atoms with Crippen molar-refractivity contribution in [1.82, 2.24) is 0 Å². The first-order chi connectivity index (χ1) is 1.73. The van der Waals surface area contributed by atoms with E-state index in [1.54, 1.807) is 0 Å². The second kappa shape index (κ2) is 9.93. The van der Waals surface area contributed by atoms with Crippen LogP contribution in [0.1, 0.15) is 0 Å². The molecular weight excluding hydrogens is 323 g/mol. The number of hydrogen-bond acceptors (Lipinski definition) is 1. The van der Waals surface area contributed by atoms with Crippen LogP contribution >= 0.6 is 0 Å². The van der Waals surface area contributed by atoms with Gasteiger partial charge >= 0.3 is 74.2 Å². The Morgan fingerprint density at radius 1 is 1.33 bits per heavy atom. The first-order valence-electron chi connectivity index (χ1n) is 0.651. The van der Waals surface area contributed by atoms with Gasteiger partial charge < -0.3 is 9.59 Å². The summed E-state index contributed by atoms with van der Waals surface area (Å²) in [6, 6.07) is 0. The van der Waals surface area contributed by atoms with E-state index in [2.05, 4.69) is 0 Å². The summed E-state index contributed by atoms with van der Waals surface area (Å²) in [7, 11) is -3.13. The Labute approximate surface area is 86.8 Å². The molecule has 0 amide bonds. The average molecular weight is 329 g/mol. The molecule has 3 nitrogen and oxygen atoms in total. The van der Waals surface area contributed by atoms with Crippen LogP contribution in [0.25, 0.3) is 0 Å². The van der Waals surface area contributed by atoms with Gasteiger partial charge in [0, 0.05) is 0 Å². The fourth-order valence-corrected chi connectivity index (χ4v) is 0. The standard InChI is InChI=1S/Ca.H2O3Si.Pb.4H/c;1-4(2)3;;;;;/h;1-2H;;;;;. The third-order valence-corrected chi connectivity index (χ3v) is 0. The van der Waals surface area contributed by atoms with Crippen LogP contribution in [0.4, 0.5) is 0 Å². The summed E-state index contributed by atoms with van der Waals surface area (Å²) in [6.45, 7) is 0. The zero-order chi connectivity index (χ0) is 3.58. The molecule has 0 aromatic rings. The Hall–Kier alpha value is 1.80. The minimum atomic E-state index is -3.13. The summed E-state index contributed by atoms with van der Waals surface area (Å²) >= 11 is 0. The quantitative estimate of drug-likeness (QED) is 0.455. The molecular formula is H6CaO3PbSi. The van der Waals surface area contributed by atoms with Gasteiger partial charge in [0.1, 0.15) is 0 Å². The minimum absolute atomic E-state index is 0. The van der Waals surface area contributed by atoms with Crippen molar-refractivity contribution >= 4 is 74.2 Å². The van der Waals surface area contributed by atoms with E-state index in [1.807, 2.05) is 0 Å². The molecule has 0 saturated carbocycles. The fraction of sp³-hybridized carbons (Fsp3) is 0. The van der Waals surface area contributed by atoms with Gasteiger partial charge in [0.15, 0.2) is 0 Å². The maximum absolute atomic E-state index is 8.74. The van der Waals surface area contributed by atoms with Gasteiger partial charge in [0.25, 0.3) is 0 Å². The molecule has 0 spiro atoms. The Kier molecular flexibility index (Phi) is 25.9. The van der Waals surface area contributed by atoms with Crippen molar-refractivity contribution in [2.75, 3.05) is 0 Å². The monoisotopic (exact) mass is 330 g/mol. The molecule has 0 aliphatic carbocycles. The molecule has 0 unspecified atom stereocenters. The van der Waals surface area contributed by atoms with Crippen molar-refractivity contribution in [1.29, 1.82) is 0 Å². The molecule has 0 aliphatic rings. The van der Waals surface area contributed by atoms with E-state index >= 15 is 0 Å². The molecule has 0 heterocycles. The van der Waals surface area contributed by atoms with E-state index in [4.69, 9.17) is 14.1 Å². The van der Waals surface area contributed by atoms with Crippen LogP contribution in [-0.2, 0) is 4.46 Å². The van der Waals surface area contributed by atoms with Crippen molar-refractivity contribution in [2.24, 2.45) is 0 Å². The van der Waals surface area contributed by atoms with Gasteiger partial charge in [-0.3, -0.25) is 4.46 Å². The number of hydrogen-bond donors (Lipinski definition) is 2. The fourth-order valence-electron chi connectivity index (χ4n) is 0. The van der Waals surface area contributed by atoms with Gasteiger partial charge in [-0.05, 0) is 0 Å². The molecule has 0 aromatic carbocycles. The predicted octanol–water partition coefficient (Wildman–Crippen LogP) is -3.45. The van der Waals surface area contributed by atoms with Crippen LogP contribution in [0.15, 0.2) is 0 Å². The van der Waals surface area contributed by atoms with Gasteiger partial charge in [0.2, 0.25) is 0 Å². The molecule has 6 heteroatoms. The molecule has 0 atom stereocenters. The van der Waals surface area contributed by atoms with Gasteiger partial charge in [-0.2, -0.15) is 0 Å². The molecule has 0 fully saturated rings. The van der Waals surface area contributed by atoms with E-state index in [0.717, 1.165) is 0 Å². The second-order valence-corrected chi connectivity index (χ2v) is 0.848. The summed E-state index contributed by atoms with van der Waals surface area (Å²) in [5, 5.41) is 0. The molecule has 2 N–H and O–H groups in total.